The van der Waals surface area contributed by atoms with Crippen molar-refractivity contribution in [1.29, 1.82) is 0 Å². The molecule has 0 spiro atoms. The lowest BCUT2D eigenvalue weighted by molar-refractivity contribution is -0.120. The highest BCUT2D eigenvalue weighted by Crippen LogP contribution is 2.34. The van der Waals surface area contributed by atoms with Crippen LogP contribution in [0.25, 0.3) is 5.57 Å². The number of amides is 2. The smallest absolute Gasteiger partial charge is 0.282 e. The molecule has 28 heavy (non-hydrogen) atoms. The van der Waals surface area contributed by atoms with Crippen LogP contribution in [0.15, 0.2) is 84.6 Å². The zero-order chi connectivity index (χ0) is 19.7. The third kappa shape index (κ3) is 3.18. The van der Waals surface area contributed by atoms with E-state index >= 15 is 0 Å². The first-order chi connectivity index (χ1) is 13.5. The molecule has 0 radical (unpaired) electrons. The number of carbonyl (C=O) groups is 2. The molecule has 0 bridgehead atoms. The summed E-state index contributed by atoms with van der Waals surface area (Å²) >= 11 is 0. The number of benzene rings is 3. The minimum Gasteiger partial charge on any atom is -0.350 e. The summed E-state index contributed by atoms with van der Waals surface area (Å²) < 4.78 is 13.7. The molecule has 0 atom stereocenters. The Balaban J connectivity index is 1.83. The fourth-order valence-corrected chi connectivity index (χ4v) is 3.15. The maximum absolute atomic E-state index is 13.7. The number of para-hydroxylation sites is 1. The Hall–Kier alpha value is -3.73. The van der Waals surface area contributed by atoms with Gasteiger partial charge in [-0.15, -0.1) is 0 Å². The molecular formula is C23H17FN2O2. The van der Waals surface area contributed by atoms with Crippen molar-refractivity contribution < 1.29 is 14.0 Å². The standard InChI is InChI=1S/C23H17FN2O2/c1-15-10-12-16(13-11-15)20-21(25-18-7-3-2-4-8-18)23(28)26(22(20)27)19-9-5-6-17(24)14-19/h2-14,25H,1H3. The Kier molecular flexibility index (Phi) is 4.49. The molecule has 0 aliphatic carbocycles. The summed E-state index contributed by atoms with van der Waals surface area (Å²) in [6.45, 7) is 1.95. The molecule has 5 heteroatoms. The van der Waals surface area contributed by atoms with Gasteiger partial charge in [0.1, 0.15) is 11.5 Å². The Bertz CT molecular complexity index is 1090. The van der Waals surface area contributed by atoms with Crippen molar-refractivity contribution in [3.8, 4) is 0 Å². The number of rotatable bonds is 4. The Morgan fingerprint density at radius 1 is 0.821 bits per heavy atom. The number of nitrogens with one attached hydrogen (secondary N) is 1. The minimum absolute atomic E-state index is 0.171. The van der Waals surface area contributed by atoms with Crippen LogP contribution >= 0.6 is 0 Å². The molecule has 1 N–H and O–H groups in total. The van der Waals surface area contributed by atoms with Crippen LogP contribution in [0, 0.1) is 12.7 Å². The van der Waals surface area contributed by atoms with Gasteiger partial charge in [-0.1, -0.05) is 54.1 Å². The lowest BCUT2D eigenvalue weighted by Crippen LogP contribution is -2.32. The van der Waals surface area contributed by atoms with E-state index in [4.69, 9.17) is 0 Å². The van der Waals surface area contributed by atoms with Crippen LogP contribution in [0.4, 0.5) is 15.8 Å². The van der Waals surface area contributed by atoms with E-state index in [0.717, 1.165) is 10.5 Å². The molecule has 1 aliphatic heterocycles. The van der Waals surface area contributed by atoms with Gasteiger partial charge in [-0.2, -0.15) is 0 Å². The molecule has 1 heterocycles. The van der Waals surface area contributed by atoms with Crippen LogP contribution in [0.3, 0.4) is 0 Å². The van der Waals surface area contributed by atoms with Crippen LogP contribution in [0.5, 0.6) is 0 Å². The maximum atomic E-state index is 13.7. The molecule has 0 saturated heterocycles. The molecule has 0 saturated carbocycles. The van der Waals surface area contributed by atoms with Gasteiger partial charge in [0, 0.05) is 5.69 Å². The summed E-state index contributed by atoms with van der Waals surface area (Å²) in [5, 5.41) is 3.07. The molecule has 3 aromatic rings. The summed E-state index contributed by atoms with van der Waals surface area (Å²) in [7, 11) is 0. The normalized spacial score (nSPS) is 14.0. The van der Waals surface area contributed by atoms with Gasteiger partial charge in [-0.05, 0) is 42.8 Å². The van der Waals surface area contributed by atoms with Gasteiger partial charge < -0.3 is 5.32 Å². The monoisotopic (exact) mass is 372 g/mol. The van der Waals surface area contributed by atoms with Crippen LogP contribution < -0.4 is 10.2 Å². The lowest BCUT2D eigenvalue weighted by atomic mass is 10.0. The molecule has 0 aromatic heterocycles. The summed E-state index contributed by atoms with van der Waals surface area (Å²) in [5.74, 6) is -1.52. The first-order valence-corrected chi connectivity index (χ1v) is 8.82. The summed E-state index contributed by atoms with van der Waals surface area (Å²) in [6, 6.07) is 22.0. The third-order valence-electron chi connectivity index (χ3n) is 4.53. The van der Waals surface area contributed by atoms with E-state index in [1.807, 2.05) is 49.4 Å². The van der Waals surface area contributed by atoms with Crippen molar-refractivity contribution in [2.75, 3.05) is 10.2 Å². The van der Waals surface area contributed by atoms with E-state index in [9.17, 15) is 14.0 Å². The van der Waals surface area contributed by atoms with Crippen molar-refractivity contribution >= 4 is 28.8 Å². The molecule has 4 rings (SSSR count). The van der Waals surface area contributed by atoms with Gasteiger partial charge in [0.2, 0.25) is 0 Å². The first-order valence-electron chi connectivity index (χ1n) is 8.82. The van der Waals surface area contributed by atoms with Gasteiger partial charge in [-0.25, -0.2) is 9.29 Å². The predicted molar refractivity (Wildman–Crippen MR) is 107 cm³/mol. The van der Waals surface area contributed by atoms with Crippen LogP contribution in [-0.2, 0) is 9.59 Å². The zero-order valence-corrected chi connectivity index (χ0v) is 15.1. The van der Waals surface area contributed by atoms with E-state index in [1.54, 1.807) is 12.1 Å². The van der Waals surface area contributed by atoms with E-state index in [2.05, 4.69) is 5.32 Å². The second-order valence-corrected chi connectivity index (χ2v) is 6.53. The number of aryl methyl sites for hydroxylation is 1. The highest BCUT2D eigenvalue weighted by molar-refractivity contribution is 6.46. The largest absolute Gasteiger partial charge is 0.350 e. The number of carbonyl (C=O) groups excluding carboxylic acids is 2. The van der Waals surface area contributed by atoms with E-state index in [1.165, 1.54) is 24.3 Å². The van der Waals surface area contributed by atoms with Gasteiger partial charge in [0.25, 0.3) is 11.8 Å². The van der Waals surface area contributed by atoms with E-state index in [0.29, 0.717) is 11.3 Å². The van der Waals surface area contributed by atoms with Crippen molar-refractivity contribution in [3.05, 3.63) is 102 Å². The highest BCUT2D eigenvalue weighted by Gasteiger charge is 2.40. The van der Waals surface area contributed by atoms with E-state index in [-0.39, 0.29) is 17.0 Å². The maximum Gasteiger partial charge on any atom is 0.282 e. The van der Waals surface area contributed by atoms with Crippen LogP contribution in [0.1, 0.15) is 11.1 Å². The SMILES string of the molecule is Cc1ccc(C2=C(Nc3ccccc3)C(=O)N(c3cccc(F)c3)C2=O)cc1. The average molecular weight is 372 g/mol. The average Bonchev–Trinajstić information content (AvgIpc) is 2.93. The lowest BCUT2D eigenvalue weighted by Gasteiger charge is -2.15. The topological polar surface area (TPSA) is 49.4 Å². The summed E-state index contributed by atoms with van der Waals surface area (Å²) in [6.07, 6.45) is 0. The van der Waals surface area contributed by atoms with E-state index < -0.39 is 17.6 Å². The third-order valence-corrected chi connectivity index (χ3v) is 4.53. The number of hydrogen-bond donors (Lipinski definition) is 1. The quantitative estimate of drug-likeness (QED) is 0.685. The fourth-order valence-electron chi connectivity index (χ4n) is 3.15. The Labute approximate surface area is 161 Å². The second kappa shape index (κ2) is 7.12. The van der Waals surface area contributed by atoms with Crippen molar-refractivity contribution in [2.24, 2.45) is 0 Å². The highest BCUT2D eigenvalue weighted by atomic mass is 19.1. The first kappa shape index (κ1) is 17.7. The van der Waals surface area contributed by atoms with Gasteiger partial charge in [0.05, 0.1) is 11.3 Å². The Morgan fingerprint density at radius 3 is 2.21 bits per heavy atom. The van der Waals surface area contributed by atoms with Crippen LogP contribution in [0.2, 0.25) is 0 Å². The molecule has 138 valence electrons. The number of nitrogens with zero attached hydrogens (tertiary/aromatic N) is 1. The molecule has 2 amide bonds. The number of halogens is 1. The molecular weight excluding hydrogens is 355 g/mol. The summed E-state index contributed by atoms with van der Waals surface area (Å²) in [5.41, 5.74) is 2.98. The second-order valence-electron chi connectivity index (χ2n) is 6.53. The molecule has 0 unspecified atom stereocenters. The number of imide groups is 1. The molecule has 1 aliphatic rings. The zero-order valence-electron chi connectivity index (χ0n) is 15.1. The van der Waals surface area contributed by atoms with Crippen molar-refractivity contribution in [2.45, 2.75) is 6.92 Å². The predicted octanol–water partition coefficient (Wildman–Crippen LogP) is 4.53. The van der Waals surface area contributed by atoms with Crippen molar-refractivity contribution in [1.82, 2.24) is 0 Å². The van der Waals surface area contributed by atoms with Crippen LogP contribution in [-0.4, -0.2) is 11.8 Å². The molecule has 0 fully saturated rings. The number of hydrogen-bond acceptors (Lipinski definition) is 3. The van der Waals surface area contributed by atoms with Gasteiger partial charge in [-0.3, -0.25) is 9.59 Å². The summed E-state index contributed by atoms with van der Waals surface area (Å²) in [4.78, 5) is 27.3. The van der Waals surface area contributed by atoms with Gasteiger partial charge in [0.15, 0.2) is 0 Å². The number of anilines is 2. The minimum atomic E-state index is -0.518. The van der Waals surface area contributed by atoms with Gasteiger partial charge >= 0.3 is 0 Å². The Morgan fingerprint density at radius 2 is 1.54 bits per heavy atom. The van der Waals surface area contributed by atoms with Crippen molar-refractivity contribution in [3.63, 3.8) is 0 Å². The molecule has 4 nitrogen and oxygen atoms in total. The molecule has 3 aromatic carbocycles. The fraction of sp³-hybridized carbons (Fsp3) is 0.0435.